The zero-order valence-electron chi connectivity index (χ0n) is 7.83. The number of rotatable bonds is 1. The van der Waals surface area contributed by atoms with Crippen molar-refractivity contribution >= 4 is 5.84 Å². The first kappa shape index (κ1) is 8.37. The lowest BCUT2D eigenvalue weighted by Gasteiger charge is -2.40. The third-order valence-corrected chi connectivity index (χ3v) is 2.08. The molecule has 11 heavy (non-hydrogen) atoms. The van der Waals surface area contributed by atoms with Gasteiger partial charge in [-0.3, -0.25) is 0 Å². The summed E-state index contributed by atoms with van der Waals surface area (Å²) in [6, 6.07) is 0.693. The van der Waals surface area contributed by atoms with Gasteiger partial charge in [0.1, 0.15) is 5.84 Å². The monoisotopic (exact) mass is 155 g/mol. The molecule has 0 bridgehead atoms. The van der Waals surface area contributed by atoms with Crippen LogP contribution < -0.4 is 0 Å². The van der Waals surface area contributed by atoms with E-state index >= 15 is 0 Å². The fourth-order valence-corrected chi connectivity index (χ4v) is 1.34. The predicted octanol–water partition coefficient (Wildman–Crippen LogP) is 0.976. The fraction of sp³-hybridized carbons (Fsp3) is 0.875. The van der Waals surface area contributed by atoms with Gasteiger partial charge in [0.2, 0.25) is 0 Å². The molecule has 0 N–H and O–H groups in total. The Bertz CT molecular complexity index is 163. The molecule has 0 aliphatic carbocycles. The molecule has 0 spiro atoms. The van der Waals surface area contributed by atoms with Gasteiger partial charge in [-0.25, -0.2) is 0 Å². The summed E-state index contributed by atoms with van der Waals surface area (Å²) in [7, 11) is 3.90. The molecule has 1 aliphatic rings. The molecule has 0 aromatic heterocycles. The number of nitrogens with zero attached hydrogens (tertiary/aromatic N) is 3. The summed E-state index contributed by atoms with van der Waals surface area (Å²) in [6.45, 7) is 5.47. The van der Waals surface area contributed by atoms with E-state index in [1.807, 2.05) is 19.1 Å². The van der Waals surface area contributed by atoms with Crippen LogP contribution in [0.3, 0.4) is 0 Å². The Labute approximate surface area is 68.7 Å². The Morgan fingerprint density at radius 1 is 1.55 bits per heavy atom. The van der Waals surface area contributed by atoms with E-state index in [1.54, 1.807) is 0 Å². The van der Waals surface area contributed by atoms with Gasteiger partial charge in [-0.2, -0.15) is 5.10 Å². The highest BCUT2D eigenvalue weighted by Crippen LogP contribution is 2.16. The molecule has 3 nitrogen and oxygen atoms in total. The molecule has 1 rings (SSSR count). The van der Waals surface area contributed by atoms with Gasteiger partial charge >= 0.3 is 0 Å². The van der Waals surface area contributed by atoms with E-state index in [2.05, 4.69) is 23.8 Å². The third-order valence-electron chi connectivity index (χ3n) is 2.08. The van der Waals surface area contributed by atoms with Gasteiger partial charge < -0.3 is 9.91 Å². The van der Waals surface area contributed by atoms with Crippen molar-refractivity contribution in [1.29, 1.82) is 0 Å². The van der Waals surface area contributed by atoms with Crippen molar-refractivity contribution in [2.24, 2.45) is 5.10 Å². The first-order valence-corrected chi connectivity index (χ1v) is 4.10. The van der Waals surface area contributed by atoms with Gasteiger partial charge in [0, 0.05) is 26.7 Å². The summed E-state index contributed by atoms with van der Waals surface area (Å²) in [6.07, 6.45) is 1.31. The molecule has 1 fully saturated rings. The number of likely N-dealkylation sites (tertiary alicyclic amines) is 1. The van der Waals surface area contributed by atoms with Crippen LogP contribution in [0.15, 0.2) is 5.10 Å². The Balaban J connectivity index is 2.46. The van der Waals surface area contributed by atoms with Crippen molar-refractivity contribution in [2.45, 2.75) is 26.3 Å². The maximum Gasteiger partial charge on any atom is 0.122 e. The van der Waals surface area contributed by atoms with Crippen LogP contribution in [0.2, 0.25) is 0 Å². The smallest absolute Gasteiger partial charge is 0.122 e. The van der Waals surface area contributed by atoms with Crippen molar-refractivity contribution < 1.29 is 0 Å². The maximum absolute atomic E-state index is 4.33. The average Bonchev–Trinajstić information content (AvgIpc) is 1.82. The minimum Gasteiger partial charge on any atom is -0.356 e. The quantitative estimate of drug-likeness (QED) is 0.319. The minimum atomic E-state index is 0.693. The molecule has 0 aromatic rings. The van der Waals surface area contributed by atoms with Crippen LogP contribution in [-0.4, -0.2) is 42.4 Å². The van der Waals surface area contributed by atoms with Gasteiger partial charge in [-0.1, -0.05) is 0 Å². The summed E-state index contributed by atoms with van der Waals surface area (Å²) in [5.41, 5.74) is 0. The zero-order chi connectivity index (χ0) is 8.43. The second kappa shape index (κ2) is 3.11. The summed E-state index contributed by atoms with van der Waals surface area (Å²) in [5, 5.41) is 6.17. The minimum absolute atomic E-state index is 0.693. The molecule has 1 unspecified atom stereocenters. The number of amidine groups is 1. The first-order valence-electron chi connectivity index (χ1n) is 4.10. The highest BCUT2D eigenvalue weighted by molar-refractivity contribution is 5.80. The Hall–Kier alpha value is -0.730. The standard InChI is InChI=1S/C8H17N3/c1-7-5-6-11(7)8(2)9-10(3)4/h7H,5-6H2,1-4H3. The summed E-state index contributed by atoms with van der Waals surface area (Å²) in [5.74, 6) is 1.13. The van der Waals surface area contributed by atoms with E-state index in [1.165, 1.54) is 13.0 Å². The normalized spacial score (nSPS) is 24.9. The molecule has 1 saturated heterocycles. The summed E-state index contributed by atoms with van der Waals surface area (Å²) in [4.78, 5) is 2.32. The first-order chi connectivity index (χ1) is 5.11. The maximum atomic E-state index is 4.33. The van der Waals surface area contributed by atoms with Crippen molar-refractivity contribution in [3.63, 3.8) is 0 Å². The number of hydrogen-bond acceptors (Lipinski definition) is 2. The van der Waals surface area contributed by atoms with E-state index in [9.17, 15) is 0 Å². The topological polar surface area (TPSA) is 18.8 Å². The van der Waals surface area contributed by atoms with E-state index in [0.717, 1.165) is 5.84 Å². The van der Waals surface area contributed by atoms with E-state index < -0.39 is 0 Å². The van der Waals surface area contributed by atoms with Gasteiger partial charge in [-0.15, -0.1) is 0 Å². The van der Waals surface area contributed by atoms with Crippen molar-refractivity contribution in [3.8, 4) is 0 Å². The molecular formula is C8H17N3. The van der Waals surface area contributed by atoms with Crippen LogP contribution in [0.5, 0.6) is 0 Å². The molecule has 64 valence electrons. The largest absolute Gasteiger partial charge is 0.356 e. The lowest BCUT2D eigenvalue weighted by atomic mass is 10.1. The van der Waals surface area contributed by atoms with Crippen LogP contribution >= 0.6 is 0 Å². The molecule has 0 aromatic carbocycles. The second-order valence-electron chi connectivity index (χ2n) is 3.33. The van der Waals surface area contributed by atoms with E-state index in [-0.39, 0.29) is 0 Å². The zero-order valence-corrected chi connectivity index (χ0v) is 7.83. The van der Waals surface area contributed by atoms with Crippen LogP contribution in [-0.2, 0) is 0 Å². The SMILES string of the molecule is CC(=NN(C)C)N1CCC1C. The Kier molecular flexibility index (Phi) is 2.37. The van der Waals surface area contributed by atoms with Gasteiger partial charge in [0.15, 0.2) is 0 Å². The van der Waals surface area contributed by atoms with Gasteiger partial charge in [-0.05, 0) is 20.3 Å². The molecular weight excluding hydrogens is 138 g/mol. The molecule has 0 amide bonds. The molecule has 0 radical (unpaired) electrons. The molecule has 1 atom stereocenters. The van der Waals surface area contributed by atoms with Crippen molar-refractivity contribution in [3.05, 3.63) is 0 Å². The second-order valence-corrected chi connectivity index (χ2v) is 3.33. The highest BCUT2D eigenvalue weighted by atomic mass is 15.5. The van der Waals surface area contributed by atoms with E-state index in [4.69, 9.17) is 0 Å². The summed E-state index contributed by atoms with van der Waals surface area (Å²) < 4.78 is 0. The van der Waals surface area contributed by atoms with Gasteiger partial charge in [0.25, 0.3) is 0 Å². The van der Waals surface area contributed by atoms with Crippen LogP contribution in [0, 0.1) is 0 Å². The lowest BCUT2D eigenvalue weighted by Crippen LogP contribution is -2.48. The fourth-order valence-electron chi connectivity index (χ4n) is 1.34. The van der Waals surface area contributed by atoms with E-state index in [0.29, 0.717) is 6.04 Å². The molecule has 0 saturated carbocycles. The highest BCUT2D eigenvalue weighted by Gasteiger charge is 2.24. The van der Waals surface area contributed by atoms with Crippen LogP contribution in [0.1, 0.15) is 20.3 Å². The molecule has 1 heterocycles. The molecule has 1 aliphatic heterocycles. The average molecular weight is 155 g/mol. The summed E-state index contributed by atoms with van der Waals surface area (Å²) >= 11 is 0. The third kappa shape index (κ3) is 1.85. The lowest BCUT2D eigenvalue weighted by molar-refractivity contribution is 0.197. The Morgan fingerprint density at radius 3 is 2.45 bits per heavy atom. The Morgan fingerprint density at radius 2 is 2.18 bits per heavy atom. The van der Waals surface area contributed by atoms with Crippen LogP contribution in [0.4, 0.5) is 0 Å². The van der Waals surface area contributed by atoms with Crippen LogP contribution in [0.25, 0.3) is 0 Å². The van der Waals surface area contributed by atoms with Crippen molar-refractivity contribution in [1.82, 2.24) is 9.91 Å². The predicted molar refractivity (Wildman–Crippen MR) is 47.6 cm³/mol. The number of hydrazone groups is 1. The molecule has 3 heteroatoms. The van der Waals surface area contributed by atoms with Crippen molar-refractivity contribution in [2.75, 3.05) is 20.6 Å². The number of hydrogen-bond donors (Lipinski definition) is 0. The van der Waals surface area contributed by atoms with Gasteiger partial charge in [0.05, 0.1) is 0 Å².